The predicted octanol–water partition coefficient (Wildman–Crippen LogP) is 1.76. The number of para-hydroxylation sites is 1. The fraction of sp³-hybridized carbons (Fsp3) is 0.531. The lowest BCUT2D eigenvalue weighted by Gasteiger charge is -2.49. The minimum absolute atomic E-state index is 0.0253. The number of nitrogens with zero attached hydrogens (tertiary/aromatic N) is 1. The molecule has 2 heterocycles. The number of aliphatic hydroxyl groups is 3. The third-order valence-corrected chi connectivity index (χ3v) is 9.57. The van der Waals surface area contributed by atoms with Gasteiger partial charge in [0.2, 0.25) is 5.91 Å². The zero-order valence-corrected chi connectivity index (χ0v) is 23.0. The van der Waals surface area contributed by atoms with E-state index in [0.717, 1.165) is 16.1 Å². The van der Waals surface area contributed by atoms with Gasteiger partial charge >= 0.3 is 0 Å². The number of rotatable bonds is 2. The van der Waals surface area contributed by atoms with E-state index in [1.165, 1.54) is 0 Å². The van der Waals surface area contributed by atoms with Crippen LogP contribution in [-0.2, 0) is 9.59 Å². The Morgan fingerprint density at radius 1 is 1.13 bits per heavy atom. The molecule has 0 aromatic heterocycles. The van der Waals surface area contributed by atoms with Crippen LogP contribution in [0.15, 0.2) is 65.2 Å². The molecule has 4 N–H and O–H groups in total. The summed E-state index contributed by atoms with van der Waals surface area (Å²) >= 11 is 0. The molecule has 0 radical (unpaired) electrons. The summed E-state index contributed by atoms with van der Waals surface area (Å²) in [5.74, 6) is -2.10. The van der Waals surface area contributed by atoms with Crippen molar-refractivity contribution in [2.45, 2.75) is 70.8 Å². The molecule has 1 amide bonds. The number of Topliss-reactive ketones (excluding diaryl/α,β-unsaturated/α-hetero) is 1. The zero-order valence-electron chi connectivity index (χ0n) is 23.0. The molecule has 1 saturated carbocycles. The highest BCUT2D eigenvalue weighted by Crippen LogP contribution is 2.57. The molecular formula is C32H40N2O5. The zero-order chi connectivity index (χ0) is 28.1. The second-order valence-electron chi connectivity index (χ2n) is 12.0. The van der Waals surface area contributed by atoms with E-state index in [9.17, 15) is 24.9 Å². The standard InChI is InChI=1S/C32H40N2O5/c1-17-8-7-10-23-30(38)20(4)19(3)28-25(15-21-16-33-24-11-6-5-9-22(21)24)34-31(39)32(23,28)27(36)13-12-26(35)29(37)18(2)14-17/h5-7,9-11,14,17,19,23,25-26,28-30,35,37-38H,4,8,12-13,15-16H2,1-3H3,(H,34,39)/b10-7+,18-14+/t17-,19+,23-,25-,26-,28-,29+,30+,32+/m0/s1. The Bertz CT molecular complexity index is 1360. The molecule has 1 spiro atoms. The first-order valence-electron chi connectivity index (χ1n) is 14.1. The molecule has 2 aliphatic heterocycles. The molecule has 2 fully saturated rings. The minimum atomic E-state index is -1.50. The Balaban J connectivity index is 1.60. The van der Waals surface area contributed by atoms with Crippen LogP contribution >= 0.6 is 0 Å². The second kappa shape index (κ2) is 10.6. The van der Waals surface area contributed by atoms with Gasteiger partial charge < -0.3 is 20.6 Å². The summed E-state index contributed by atoms with van der Waals surface area (Å²) in [7, 11) is 0. The van der Waals surface area contributed by atoms with E-state index in [1.54, 1.807) is 6.92 Å². The van der Waals surface area contributed by atoms with Crippen LogP contribution in [0.4, 0.5) is 0 Å². The highest BCUT2D eigenvalue weighted by atomic mass is 16.3. The average Bonchev–Trinajstić information content (AvgIpc) is 3.45. The molecule has 5 rings (SSSR count). The highest BCUT2D eigenvalue weighted by molar-refractivity contribution is 6.09. The smallest absolute Gasteiger partial charge is 0.235 e. The maximum absolute atomic E-state index is 14.3. The summed E-state index contributed by atoms with van der Waals surface area (Å²) in [5, 5.41) is 38.1. The van der Waals surface area contributed by atoms with Crippen molar-refractivity contribution in [3.63, 3.8) is 0 Å². The molecule has 1 saturated heterocycles. The van der Waals surface area contributed by atoms with E-state index < -0.39 is 35.6 Å². The van der Waals surface area contributed by atoms with Gasteiger partial charge in [-0.2, -0.15) is 0 Å². The van der Waals surface area contributed by atoms with E-state index in [1.807, 2.05) is 56.3 Å². The third-order valence-electron chi connectivity index (χ3n) is 9.57. The van der Waals surface area contributed by atoms with Gasteiger partial charge in [0.1, 0.15) is 17.3 Å². The van der Waals surface area contributed by atoms with Crippen molar-refractivity contribution in [3.8, 4) is 0 Å². The molecule has 2 aliphatic carbocycles. The topological polar surface area (TPSA) is 119 Å². The van der Waals surface area contributed by atoms with Gasteiger partial charge in [-0.05, 0) is 60.8 Å². The van der Waals surface area contributed by atoms with Gasteiger partial charge in [-0.1, -0.05) is 56.9 Å². The third kappa shape index (κ3) is 4.54. The summed E-state index contributed by atoms with van der Waals surface area (Å²) in [6.45, 7) is 10.5. The fourth-order valence-electron chi connectivity index (χ4n) is 7.49. The Morgan fingerprint density at radius 3 is 2.64 bits per heavy atom. The first-order valence-corrected chi connectivity index (χ1v) is 14.1. The average molecular weight is 533 g/mol. The number of allylic oxidation sites excluding steroid dienone is 2. The van der Waals surface area contributed by atoms with Crippen LogP contribution in [0.25, 0.3) is 5.57 Å². The van der Waals surface area contributed by atoms with Gasteiger partial charge in [0.05, 0.1) is 24.1 Å². The molecule has 1 aromatic carbocycles. The molecule has 1 aromatic rings. The van der Waals surface area contributed by atoms with Crippen LogP contribution in [0.2, 0.25) is 0 Å². The number of aliphatic hydroxyl groups excluding tert-OH is 3. The van der Waals surface area contributed by atoms with E-state index in [-0.39, 0.29) is 42.4 Å². The van der Waals surface area contributed by atoms with E-state index in [0.29, 0.717) is 30.5 Å². The molecule has 208 valence electrons. The number of benzene rings is 1. The van der Waals surface area contributed by atoms with Crippen LogP contribution in [0.5, 0.6) is 0 Å². The number of ketones is 1. The fourth-order valence-corrected chi connectivity index (χ4v) is 7.49. The van der Waals surface area contributed by atoms with Gasteiger partial charge in [-0.15, -0.1) is 0 Å². The molecule has 39 heavy (non-hydrogen) atoms. The SMILES string of the molecule is C=C1[C@@H](C)[C@H]2[C@H](CC3=c4ccccc4=NC3)NC(=O)[C@]23C(=O)CC[C@H](O)[C@H](O)/C(C)=C/[C@@H](C)C/C=C/[C@H]3[C@@H]1O. The van der Waals surface area contributed by atoms with Crippen molar-refractivity contribution in [2.24, 2.45) is 34.1 Å². The van der Waals surface area contributed by atoms with Crippen molar-refractivity contribution < 1.29 is 24.9 Å². The summed E-state index contributed by atoms with van der Waals surface area (Å²) in [6.07, 6.45) is 3.52. The first-order chi connectivity index (χ1) is 18.6. The molecular weight excluding hydrogens is 492 g/mol. The maximum atomic E-state index is 14.3. The summed E-state index contributed by atoms with van der Waals surface area (Å²) in [6, 6.07) is 7.63. The lowest BCUT2D eigenvalue weighted by molar-refractivity contribution is -0.152. The van der Waals surface area contributed by atoms with Crippen LogP contribution in [0.3, 0.4) is 0 Å². The maximum Gasteiger partial charge on any atom is 0.235 e. The molecule has 4 aliphatic rings. The highest BCUT2D eigenvalue weighted by Gasteiger charge is 2.68. The van der Waals surface area contributed by atoms with Gasteiger partial charge in [-0.3, -0.25) is 14.6 Å². The minimum Gasteiger partial charge on any atom is -0.390 e. The number of carbonyl (C=O) groups is 2. The van der Waals surface area contributed by atoms with Gasteiger partial charge in [-0.25, -0.2) is 0 Å². The van der Waals surface area contributed by atoms with Gasteiger partial charge in [0, 0.05) is 29.5 Å². The number of carbonyl (C=O) groups excluding carboxylic acids is 2. The van der Waals surface area contributed by atoms with E-state index >= 15 is 0 Å². The Labute approximate surface area is 229 Å². The number of hydrogen-bond donors (Lipinski definition) is 4. The van der Waals surface area contributed by atoms with Crippen molar-refractivity contribution in [3.05, 3.63) is 70.8 Å². The van der Waals surface area contributed by atoms with Gasteiger partial charge in [0.15, 0.2) is 0 Å². The van der Waals surface area contributed by atoms with Crippen molar-refractivity contribution >= 4 is 17.3 Å². The molecule has 0 bridgehead atoms. The molecule has 0 unspecified atom stereocenters. The second-order valence-corrected chi connectivity index (χ2v) is 12.0. The summed E-state index contributed by atoms with van der Waals surface area (Å²) in [5.41, 5.74) is 0.907. The van der Waals surface area contributed by atoms with E-state index in [2.05, 4.69) is 16.9 Å². The Kier molecular flexibility index (Phi) is 7.53. The lowest BCUT2D eigenvalue weighted by Crippen LogP contribution is -2.58. The van der Waals surface area contributed by atoms with Gasteiger partial charge in [0.25, 0.3) is 0 Å². The Hall–Kier alpha value is -2.87. The van der Waals surface area contributed by atoms with Crippen LogP contribution in [0, 0.1) is 29.1 Å². The number of nitrogens with one attached hydrogen (secondary N) is 1. The lowest BCUT2D eigenvalue weighted by atomic mass is 9.51. The van der Waals surface area contributed by atoms with Crippen molar-refractivity contribution in [1.82, 2.24) is 5.32 Å². The van der Waals surface area contributed by atoms with Crippen LogP contribution in [-0.4, -0.2) is 57.9 Å². The van der Waals surface area contributed by atoms with E-state index in [4.69, 9.17) is 0 Å². The van der Waals surface area contributed by atoms with Crippen molar-refractivity contribution in [1.29, 1.82) is 0 Å². The molecule has 7 nitrogen and oxygen atoms in total. The summed E-state index contributed by atoms with van der Waals surface area (Å²) in [4.78, 5) is 33.0. The number of amides is 1. The summed E-state index contributed by atoms with van der Waals surface area (Å²) < 4.78 is 0. The predicted molar refractivity (Wildman–Crippen MR) is 149 cm³/mol. The Morgan fingerprint density at radius 2 is 1.87 bits per heavy atom. The van der Waals surface area contributed by atoms with Crippen molar-refractivity contribution in [2.75, 3.05) is 6.54 Å². The normalized spacial score (nSPS) is 41.0. The molecule has 7 heteroatoms. The number of fused-ring (bicyclic) bond motifs is 1. The quantitative estimate of drug-likeness (QED) is 0.342. The molecule has 9 atom stereocenters. The monoisotopic (exact) mass is 532 g/mol. The largest absolute Gasteiger partial charge is 0.390 e. The van der Waals surface area contributed by atoms with Crippen LogP contribution in [0.1, 0.15) is 46.5 Å². The van der Waals surface area contributed by atoms with Crippen LogP contribution < -0.4 is 15.9 Å². The first kappa shape index (κ1) is 27.7. The number of hydrogen-bond acceptors (Lipinski definition) is 6.